The van der Waals surface area contributed by atoms with Crippen molar-refractivity contribution >= 4 is 5.91 Å². The molecule has 1 amide bonds. The quantitative estimate of drug-likeness (QED) is 0.612. The van der Waals surface area contributed by atoms with Crippen molar-refractivity contribution in [1.82, 2.24) is 5.32 Å². The topological polar surface area (TPSA) is 38.3 Å². The largest absolute Gasteiger partial charge is 0.381 e. The maximum Gasteiger partial charge on any atom is 0.218 e. The molecular weight excluding hydrogens is 161 g/mol. The van der Waals surface area contributed by atoms with Gasteiger partial charge in [-0.3, -0.25) is 4.79 Å². The Morgan fingerprint density at radius 1 is 1.42 bits per heavy atom. The predicted octanol–water partition coefficient (Wildman–Crippen LogP) is 1.24. The first kappa shape index (κ1) is 11.4. The van der Waals surface area contributed by atoms with E-state index in [4.69, 9.17) is 4.74 Å². The molecule has 0 aromatic heterocycles. The van der Waals surface area contributed by atoms with E-state index in [9.17, 15) is 9.18 Å². The standard InChI is InChI=1S/C5H10O.C3H6FNO/c1-2-4-6-5-3-1;1-3(6)5-2-4/h1-5H2;2H2,1H3,(H,5,6). The van der Waals surface area contributed by atoms with E-state index in [2.05, 4.69) is 0 Å². The van der Waals surface area contributed by atoms with Crippen molar-refractivity contribution in [2.24, 2.45) is 0 Å². The Morgan fingerprint density at radius 2 is 2.00 bits per heavy atom. The van der Waals surface area contributed by atoms with Crippen LogP contribution in [0.15, 0.2) is 0 Å². The zero-order valence-corrected chi connectivity index (χ0v) is 7.44. The Morgan fingerprint density at radius 3 is 2.08 bits per heavy atom. The van der Waals surface area contributed by atoms with Gasteiger partial charge in [-0.05, 0) is 19.3 Å². The van der Waals surface area contributed by atoms with E-state index >= 15 is 0 Å². The van der Waals surface area contributed by atoms with Crippen LogP contribution in [0.1, 0.15) is 26.2 Å². The average Bonchev–Trinajstić information content (AvgIpc) is 2.08. The first-order valence-electron chi connectivity index (χ1n) is 4.15. The molecule has 1 aliphatic rings. The normalized spacial score (nSPS) is 15.8. The number of carbonyl (C=O) groups is 1. The van der Waals surface area contributed by atoms with E-state index < -0.39 is 6.80 Å². The van der Waals surface area contributed by atoms with Crippen LogP contribution in [0, 0.1) is 0 Å². The average molecular weight is 177 g/mol. The van der Waals surface area contributed by atoms with E-state index in [1.807, 2.05) is 5.32 Å². The number of rotatable bonds is 1. The Hall–Kier alpha value is -0.640. The van der Waals surface area contributed by atoms with Crippen LogP contribution >= 0.6 is 0 Å². The highest BCUT2D eigenvalue weighted by Crippen LogP contribution is 2.02. The van der Waals surface area contributed by atoms with Gasteiger partial charge in [0.05, 0.1) is 0 Å². The fourth-order valence-corrected chi connectivity index (χ4v) is 0.781. The van der Waals surface area contributed by atoms with Crippen molar-refractivity contribution in [3.05, 3.63) is 0 Å². The fourth-order valence-electron chi connectivity index (χ4n) is 0.781. The van der Waals surface area contributed by atoms with Crippen LogP contribution in [-0.4, -0.2) is 25.9 Å². The molecule has 0 atom stereocenters. The maximum absolute atomic E-state index is 10.9. The Labute approximate surface area is 72.3 Å². The number of amides is 1. The smallest absolute Gasteiger partial charge is 0.218 e. The number of halogens is 1. The Balaban J connectivity index is 0.000000202. The molecule has 0 aromatic rings. The summed E-state index contributed by atoms with van der Waals surface area (Å²) in [5.41, 5.74) is 0. The molecule has 0 bridgehead atoms. The lowest BCUT2D eigenvalue weighted by atomic mass is 10.2. The summed E-state index contributed by atoms with van der Waals surface area (Å²) >= 11 is 0. The maximum atomic E-state index is 10.9. The van der Waals surface area contributed by atoms with Crippen LogP contribution in [0.4, 0.5) is 4.39 Å². The van der Waals surface area contributed by atoms with Crippen molar-refractivity contribution in [3.63, 3.8) is 0 Å². The van der Waals surface area contributed by atoms with Gasteiger partial charge >= 0.3 is 0 Å². The molecule has 1 saturated heterocycles. The Kier molecular flexibility index (Phi) is 8.01. The summed E-state index contributed by atoms with van der Waals surface area (Å²) in [6, 6.07) is 0. The molecule has 3 nitrogen and oxygen atoms in total. The summed E-state index contributed by atoms with van der Waals surface area (Å²) in [6.07, 6.45) is 3.93. The van der Waals surface area contributed by atoms with Crippen LogP contribution in [0.25, 0.3) is 0 Å². The van der Waals surface area contributed by atoms with Crippen molar-refractivity contribution < 1.29 is 13.9 Å². The SMILES string of the molecule is C1CCOCC1.CC(=O)NCF. The highest BCUT2D eigenvalue weighted by atomic mass is 19.1. The molecule has 0 aliphatic carbocycles. The van der Waals surface area contributed by atoms with Crippen molar-refractivity contribution in [3.8, 4) is 0 Å². The van der Waals surface area contributed by atoms with E-state index in [0.29, 0.717) is 0 Å². The van der Waals surface area contributed by atoms with Gasteiger partial charge in [0.1, 0.15) is 0 Å². The minimum Gasteiger partial charge on any atom is -0.381 e. The molecule has 0 radical (unpaired) electrons. The summed E-state index contributed by atoms with van der Waals surface area (Å²) in [5.74, 6) is -0.336. The molecule has 1 N–H and O–H groups in total. The summed E-state index contributed by atoms with van der Waals surface area (Å²) < 4.78 is 16.0. The summed E-state index contributed by atoms with van der Waals surface area (Å²) in [6.45, 7) is 2.49. The van der Waals surface area contributed by atoms with Gasteiger partial charge in [-0.1, -0.05) is 0 Å². The molecule has 0 aromatic carbocycles. The molecule has 1 rings (SSSR count). The monoisotopic (exact) mass is 177 g/mol. The molecule has 0 unspecified atom stereocenters. The van der Waals surface area contributed by atoms with Crippen LogP contribution in [-0.2, 0) is 9.53 Å². The highest BCUT2D eigenvalue weighted by molar-refractivity contribution is 5.72. The summed E-state index contributed by atoms with van der Waals surface area (Å²) in [7, 11) is 0. The minimum atomic E-state index is -0.769. The summed E-state index contributed by atoms with van der Waals surface area (Å²) in [4.78, 5) is 9.69. The van der Waals surface area contributed by atoms with E-state index in [1.54, 1.807) is 0 Å². The Bertz CT molecular complexity index is 104. The molecule has 1 fully saturated rings. The third-order valence-corrected chi connectivity index (χ3v) is 1.39. The van der Waals surface area contributed by atoms with Crippen molar-refractivity contribution in [1.29, 1.82) is 0 Å². The van der Waals surface area contributed by atoms with Gasteiger partial charge in [0.15, 0.2) is 6.80 Å². The van der Waals surface area contributed by atoms with E-state index in [0.717, 1.165) is 13.2 Å². The molecule has 0 saturated carbocycles. The predicted molar refractivity (Wildman–Crippen MR) is 44.5 cm³/mol. The fraction of sp³-hybridized carbons (Fsp3) is 0.875. The third kappa shape index (κ3) is 9.36. The molecule has 0 spiro atoms. The second-order valence-electron chi connectivity index (χ2n) is 2.54. The molecular formula is C8H16FNO2. The van der Waals surface area contributed by atoms with Gasteiger partial charge in [-0.25, -0.2) is 4.39 Å². The van der Waals surface area contributed by atoms with E-state index in [1.165, 1.54) is 26.2 Å². The zero-order chi connectivity index (χ0) is 9.23. The second kappa shape index (κ2) is 8.46. The van der Waals surface area contributed by atoms with Crippen LogP contribution < -0.4 is 5.32 Å². The zero-order valence-electron chi connectivity index (χ0n) is 7.44. The lowest BCUT2D eigenvalue weighted by Crippen LogP contribution is -2.17. The summed E-state index contributed by atoms with van der Waals surface area (Å²) in [5, 5.41) is 1.90. The molecule has 12 heavy (non-hydrogen) atoms. The van der Waals surface area contributed by atoms with Gasteiger partial charge in [0.2, 0.25) is 5.91 Å². The third-order valence-electron chi connectivity index (χ3n) is 1.39. The molecule has 4 heteroatoms. The van der Waals surface area contributed by atoms with Gasteiger partial charge in [-0.15, -0.1) is 0 Å². The number of nitrogens with one attached hydrogen (secondary N) is 1. The number of alkyl halides is 1. The van der Waals surface area contributed by atoms with Crippen LogP contribution in [0.3, 0.4) is 0 Å². The number of carbonyl (C=O) groups excluding carboxylic acids is 1. The van der Waals surface area contributed by atoms with E-state index in [-0.39, 0.29) is 5.91 Å². The highest BCUT2D eigenvalue weighted by Gasteiger charge is 1.95. The second-order valence-corrected chi connectivity index (χ2v) is 2.54. The van der Waals surface area contributed by atoms with Gasteiger partial charge in [0, 0.05) is 20.1 Å². The van der Waals surface area contributed by atoms with Gasteiger partial charge < -0.3 is 10.1 Å². The minimum absolute atomic E-state index is 0.336. The number of ether oxygens (including phenoxy) is 1. The molecule has 72 valence electrons. The lowest BCUT2D eigenvalue weighted by Gasteiger charge is -2.08. The molecule has 1 aliphatic heterocycles. The first-order valence-corrected chi connectivity index (χ1v) is 4.15. The number of hydrogen-bond donors (Lipinski definition) is 1. The van der Waals surface area contributed by atoms with Gasteiger partial charge in [0.25, 0.3) is 0 Å². The van der Waals surface area contributed by atoms with Crippen molar-refractivity contribution in [2.45, 2.75) is 26.2 Å². The lowest BCUT2D eigenvalue weighted by molar-refractivity contribution is -0.119. The van der Waals surface area contributed by atoms with Crippen molar-refractivity contribution in [2.75, 3.05) is 20.0 Å². The first-order chi connectivity index (χ1) is 5.77. The molecule has 1 heterocycles. The van der Waals surface area contributed by atoms with Crippen LogP contribution in [0.2, 0.25) is 0 Å². The van der Waals surface area contributed by atoms with Gasteiger partial charge in [-0.2, -0.15) is 0 Å². The number of hydrogen-bond acceptors (Lipinski definition) is 2. The van der Waals surface area contributed by atoms with Crippen LogP contribution in [0.5, 0.6) is 0 Å².